The van der Waals surface area contributed by atoms with Gasteiger partial charge in [-0.25, -0.2) is 5.06 Å². The number of fused-ring (bicyclic) bond motifs is 1. The summed E-state index contributed by atoms with van der Waals surface area (Å²) in [4.78, 5) is 33.6. The van der Waals surface area contributed by atoms with Crippen LogP contribution in [0.25, 0.3) is 0 Å². The Hall–Kier alpha value is -2.60. The summed E-state index contributed by atoms with van der Waals surface area (Å²) >= 11 is 0. The number of carboxylic acid groups (broad SMARTS) is 1. The molecule has 1 amide bonds. The average molecular weight is 523 g/mol. The molecule has 11 nitrogen and oxygen atoms in total. The molecule has 0 radical (unpaired) electrons. The maximum absolute atomic E-state index is 13.3. The Balaban J connectivity index is 1.61. The largest absolute Gasteiger partial charge is 0.493 e. The van der Waals surface area contributed by atoms with E-state index in [4.69, 9.17) is 28.5 Å². The summed E-state index contributed by atoms with van der Waals surface area (Å²) in [6.07, 6.45) is 2.24. The summed E-state index contributed by atoms with van der Waals surface area (Å²) < 4.78 is 27.8. The predicted molar refractivity (Wildman–Crippen MR) is 132 cm³/mol. The fourth-order valence-corrected chi connectivity index (χ4v) is 5.35. The van der Waals surface area contributed by atoms with Gasteiger partial charge in [-0.1, -0.05) is 13.8 Å². The number of methoxy groups -OCH3 is 1. The molecule has 0 spiro atoms. The van der Waals surface area contributed by atoms with Crippen LogP contribution in [0.4, 0.5) is 0 Å². The minimum atomic E-state index is -0.914. The minimum Gasteiger partial charge on any atom is -0.493 e. The van der Waals surface area contributed by atoms with Crippen molar-refractivity contribution in [3.05, 3.63) is 17.7 Å². The van der Waals surface area contributed by atoms with Crippen LogP contribution >= 0.6 is 0 Å². The molecule has 0 aromatic heterocycles. The summed E-state index contributed by atoms with van der Waals surface area (Å²) in [5.41, 5.74) is 0.773. The number of hydrogen-bond donors (Lipinski definition) is 1. The van der Waals surface area contributed by atoms with Gasteiger partial charge in [0.15, 0.2) is 17.8 Å². The molecule has 4 rings (SSSR count). The molecular weight excluding hydrogens is 484 g/mol. The molecule has 0 aliphatic carbocycles. The second kappa shape index (κ2) is 12.8. The number of likely N-dealkylation sites (tertiary alicyclic amines) is 1. The van der Waals surface area contributed by atoms with Crippen molar-refractivity contribution in [2.45, 2.75) is 57.8 Å². The second-order valence-corrected chi connectivity index (χ2v) is 9.50. The van der Waals surface area contributed by atoms with Crippen LogP contribution in [0.15, 0.2) is 12.1 Å². The van der Waals surface area contributed by atoms with E-state index in [0.717, 1.165) is 18.4 Å². The van der Waals surface area contributed by atoms with Gasteiger partial charge in [-0.2, -0.15) is 0 Å². The van der Waals surface area contributed by atoms with Crippen LogP contribution < -0.4 is 14.2 Å². The van der Waals surface area contributed by atoms with Gasteiger partial charge in [-0.3, -0.25) is 19.3 Å². The van der Waals surface area contributed by atoms with Crippen LogP contribution in [0.5, 0.6) is 17.2 Å². The quantitative estimate of drug-likeness (QED) is 0.388. The Morgan fingerprint density at radius 1 is 1.14 bits per heavy atom. The van der Waals surface area contributed by atoms with Gasteiger partial charge in [0.1, 0.15) is 0 Å². The summed E-state index contributed by atoms with van der Waals surface area (Å²) in [6, 6.07) is 3.24. The number of carbonyl (C=O) groups is 2. The van der Waals surface area contributed by atoms with Gasteiger partial charge in [0.05, 0.1) is 39.4 Å². The Bertz CT molecular complexity index is 937. The molecule has 3 aliphatic rings. The first-order chi connectivity index (χ1) is 18.0. The molecule has 1 aromatic rings. The van der Waals surface area contributed by atoms with Crippen LogP contribution in [-0.4, -0.2) is 92.6 Å². The van der Waals surface area contributed by atoms with E-state index in [-0.39, 0.29) is 31.5 Å². The van der Waals surface area contributed by atoms with E-state index in [0.29, 0.717) is 63.0 Å². The Morgan fingerprint density at radius 2 is 1.92 bits per heavy atom. The van der Waals surface area contributed by atoms with E-state index >= 15 is 0 Å². The molecule has 0 saturated carbocycles. The lowest BCUT2D eigenvalue weighted by molar-refractivity contribution is -0.188. The molecular formula is C26H38N2O9. The third-order valence-corrected chi connectivity index (χ3v) is 7.03. The number of nitrogens with zero attached hydrogens (tertiary/aromatic N) is 2. The average Bonchev–Trinajstić information content (AvgIpc) is 3.64. The van der Waals surface area contributed by atoms with Gasteiger partial charge in [-0.15, -0.1) is 0 Å². The summed E-state index contributed by atoms with van der Waals surface area (Å²) in [5.74, 6) is -0.701. The molecule has 3 unspecified atom stereocenters. The van der Waals surface area contributed by atoms with Crippen LogP contribution in [0.1, 0.15) is 51.0 Å². The first-order valence-corrected chi connectivity index (χ1v) is 13.1. The lowest BCUT2D eigenvalue weighted by atomic mass is 9.83. The number of hydroxylamine groups is 2. The minimum absolute atomic E-state index is 0.0583. The molecule has 2 saturated heterocycles. The molecule has 2 fully saturated rings. The molecule has 0 bridgehead atoms. The zero-order valence-corrected chi connectivity index (χ0v) is 21.8. The number of carbonyl (C=O) groups excluding carboxylic acids is 1. The summed E-state index contributed by atoms with van der Waals surface area (Å²) in [6.45, 7) is 6.48. The van der Waals surface area contributed by atoms with E-state index in [1.54, 1.807) is 7.11 Å². The summed E-state index contributed by atoms with van der Waals surface area (Å²) in [7, 11) is 1.54. The molecule has 3 aliphatic heterocycles. The first kappa shape index (κ1) is 27.4. The van der Waals surface area contributed by atoms with Gasteiger partial charge in [-0.05, 0) is 43.4 Å². The van der Waals surface area contributed by atoms with Crippen molar-refractivity contribution in [3.8, 4) is 17.2 Å². The van der Waals surface area contributed by atoms with E-state index in [1.165, 1.54) is 5.06 Å². The number of hydrogen-bond acceptors (Lipinski definition) is 9. The van der Waals surface area contributed by atoms with Crippen molar-refractivity contribution in [1.29, 1.82) is 0 Å². The Morgan fingerprint density at radius 3 is 2.59 bits per heavy atom. The SMILES string of the molecule is CCCON(CCC)C(=O)CN1CC(c2cc(OC)c3c(c2)OCO3)C(C(=O)O)C1CCC1OCCO1. The van der Waals surface area contributed by atoms with E-state index < -0.39 is 17.9 Å². The highest BCUT2D eigenvalue weighted by atomic mass is 16.7. The molecule has 11 heteroatoms. The van der Waals surface area contributed by atoms with Gasteiger partial charge < -0.3 is 28.8 Å². The van der Waals surface area contributed by atoms with Crippen LogP contribution in [0.3, 0.4) is 0 Å². The van der Waals surface area contributed by atoms with Gasteiger partial charge in [0.25, 0.3) is 5.91 Å². The highest BCUT2D eigenvalue weighted by molar-refractivity contribution is 5.78. The van der Waals surface area contributed by atoms with E-state index in [2.05, 4.69) is 0 Å². The van der Waals surface area contributed by atoms with Crippen molar-refractivity contribution in [3.63, 3.8) is 0 Å². The third kappa shape index (κ3) is 6.28. The van der Waals surface area contributed by atoms with Crippen molar-refractivity contribution in [1.82, 2.24) is 9.96 Å². The van der Waals surface area contributed by atoms with Gasteiger partial charge in [0, 0.05) is 25.0 Å². The van der Waals surface area contributed by atoms with Crippen molar-refractivity contribution in [2.24, 2.45) is 5.92 Å². The van der Waals surface area contributed by atoms with Crippen molar-refractivity contribution < 1.29 is 43.2 Å². The van der Waals surface area contributed by atoms with Crippen molar-refractivity contribution >= 4 is 11.9 Å². The standard InChI is InChI=1S/C26H38N2O9/c1-4-8-28(37-9-5-2)22(29)15-27-14-18(17-12-20(32-3)25-21(13-17)35-16-36-25)24(26(30)31)19(27)6-7-23-33-10-11-34-23/h12-13,18-19,23-24H,4-11,14-16H2,1-3H3,(H,30,31). The number of benzene rings is 1. The number of amides is 1. The molecule has 37 heavy (non-hydrogen) atoms. The van der Waals surface area contributed by atoms with Crippen LogP contribution in [0.2, 0.25) is 0 Å². The Kier molecular flexibility index (Phi) is 9.47. The number of aliphatic carboxylic acids is 1. The monoisotopic (exact) mass is 522 g/mol. The first-order valence-electron chi connectivity index (χ1n) is 13.1. The fourth-order valence-electron chi connectivity index (χ4n) is 5.35. The number of ether oxygens (including phenoxy) is 5. The molecule has 3 heterocycles. The number of carboxylic acids is 1. The smallest absolute Gasteiger partial charge is 0.308 e. The second-order valence-electron chi connectivity index (χ2n) is 9.50. The molecule has 1 aromatic carbocycles. The maximum Gasteiger partial charge on any atom is 0.308 e. The van der Waals surface area contributed by atoms with Crippen molar-refractivity contribution in [2.75, 3.05) is 53.4 Å². The fraction of sp³-hybridized carbons (Fsp3) is 0.692. The topological polar surface area (TPSA) is 116 Å². The lowest BCUT2D eigenvalue weighted by Gasteiger charge is -2.29. The molecule has 206 valence electrons. The zero-order chi connectivity index (χ0) is 26.4. The molecule has 1 N–H and O–H groups in total. The zero-order valence-electron chi connectivity index (χ0n) is 21.8. The normalized spacial score (nSPS) is 23.5. The van der Waals surface area contributed by atoms with Crippen LogP contribution in [-0.2, 0) is 23.9 Å². The number of rotatable bonds is 13. The molecule has 3 atom stereocenters. The summed E-state index contributed by atoms with van der Waals surface area (Å²) in [5, 5.41) is 11.8. The van der Waals surface area contributed by atoms with Gasteiger partial charge >= 0.3 is 5.97 Å². The third-order valence-electron chi connectivity index (χ3n) is 7.03. The van der Waals surface area contributed by atoms with Crippen LogP contribution in [0, 0.1) is 5.92 Å². The van der Waals surface area contributed by atoms with E-state index in [9.17, 15) is 14.7 Å². The highest BCUT2D eigenvalue weighted by Crippen LogP contribution is 2.47. The lowest BCUT2D eigenvalue weighted by Crippen LogP contribution is -2.44. The Labute approximate surface area is 217 Å². The van der Waals surface area contributed by atoms with E-state index in [1.807, 2.05) is 30.9 Å². The maximum atomic E-state index is 13.3. The highest BCUT2D eigenvalue weighted by Gasteiger charge is 2.48. The van der Waals surface area contributed by atoms with Gasteiger partial charge in [0.2, 0.25) is 12.5 Å². The predicted octanol–water partition coefficient (Wildman–Crippen LogP) is 2.63.